The number of hydrogen-bond donors (Lipinski definition) is 0. The van der Waals surface area contributed by atoms with Gasteiger partial charge >= 0.3 is 0 Å². The van der Waals surface area contributed by atoms with Crippen molar-refractivity contribution in [2.75, 3.05) is 9.80 Å². The van der Waals surface area contributed by atoms with Gasteiger partial charge in [-0.25, -0.2) is 8.78 Å². The lowest BCUT2D eigenvalue weighted by Gasteiger charge is -2.29. The summed E-state index contributed by atoms with van der Waals surface area (Å²) in [5, 5.41) is 8.44. The summed E-state index contributed by atoms with van der Waals surface area (Å²) >= 11 is 0. The van der Waals surface area contributed by atoms with Gasteiger partial charge < -0.3 is 9.80 Å². The number of anilines is 6. The highest BCUT2D eigenvalue weighted by molar-refractivity contribution is 6.28. The zero-order valence-electron chi connectivity index (χ0n) is 35.7. The molecule has 0 aliphatic heterocycles. The Kier molecular flexibility index (Phi) is 9.57. The molecule has 2 nitrogen and oxygen atoms in total. The smallest absolute Gasteiger partial charge is 0.147 e. The zero-order valence-corrected chi connectivity index (χ0v) is 35.7. The molecule has 0 saturated carbocycles. The maximum absolute atomic E-state index is 16.9. The molecule has 0 saturated heterocycles. The van der Waals surface area contributed by atoms with E-state index in [4.69, 9.17) is 0 Å². The fraction of sp³-hybridized carbons (Fsp3) is 0. The van der Waals surface area contributed by atoms with E-state index in [2.05, 4.69) is 115 Å². The minimum absolute atomic E-state index is 0.326. The molecular formula is C62H40F2N2. The number of fused-ring (bicyclic) bond motifs is 1. The standard InChI is InChI=1S/C62H40F2N2/c63-55-39-49(44-22-20-43(21-23-44)41-12-4-1-5-13-41)30-36-59(55)65(51-16-6-2-7-17-51)57-34-28-45-27-33-54-58(35-29-46-26-32-53(57)61(45)62(46)54)66(52-18-8-3-9-19-52)60-37-31-50(40-56(60)64)48-25-24-42-14-10-11-15-47(42)38-48/h1-40H. The summed E-state index contributed by atoms with van der Waals surface area (Å²) in [4.78, 5) is 4.04. The van der Waals surface area contributed by atoms with Gasteiger partial charge in [0.25, 0.3) is 0 Å². The van der Waals surface area contributed by atoms with Gasteiger partial charge in [0.15, 0.2) is 0 Å². The predicted molar refractivity (Wildman–Crippen MR) is 273 cm³/mol. The molecule has 12 aromatic carbocycles. The Hall–Kier alpha value is -8.60. The van der Waals surface area contributed by atoms with Crippen LogP contribution in [-0.2, 0) is 0 Å². The third-order valence-electron chi connectivity index (χ3n) is 12.9. The van der Waals surface area contributed by atoms with E-state index in [1.54, 1.807) is 12.1 Å². The molecular weight excluding hydrogens is 811 g/mol. The Morgan fingerprint density at radius 1 is 0.242 bits per heavy atom. The van der Waals surface area contributed by atoms with E-state index in [0.717, 1.165) is 99.2 Å². The van der Waals surface area contributed by atoms with Crippen LogP contribution in [0.15, 0.2) is 243 Å². The van der Waals surface area contributed by atoms with Crippen LogP contribution in [0.1, 0.15) is 0 Å². The monoisotopic (exact) mass is 850 g/mol. The van der Waals surface area contributed by atoms with E-state index < -0.39 is 0 Å². The third-order valence-corrected chi connectivity index (χ3v) is 12.9. The lowest BCUT2D eigenvalue weighted by atomic mass is 9.91. The first kappa shape index (κ1) is 39.0. The van der Waals surface area contributed by atoms with E-state index in [0.29, 0.717) is 11.4 Å². The average molecular weight is 851 g/mol. The summed E-state index contributed by atoms with van der Waals surface area (Å²) < 4.78 is 33.8. The van der Waals surface area contributed by atoms with Crippen LogP contribution in [0.4, 0.5) is 42.9 Å². The summed E-state index contributed by atoms with van der Waals surface area (Å²) in [5.41, 5.74) is 10.0. The fourth-order valence-corrected chi connectivity index (χ4v) is 9.72. The largest absolute Gasteiger partial charge is 0.307 e. The molecule has 0 radical (unpaired) electrons. The molecule has 0 amide bonds. The minimum atomic E-state index is -0.330. The normalized spacial score (nSPS) is 11.5. The van der Waals surface area contributed by atoms with Crippen molar-refractivity contribution in [1.29, 1.82) is 0 Å². The minimum Gasteiger partial charge on any atom is -0.307 e. The topological polar surface area (TPSA) is 6.48 Å². The summed E-state index contributed by atoms with van der Waals surface area (Å²) in [5.74, 6) is -0.656. The first-order chi connectivity index (χ1) is 32.6. The number of nitrogens with zero attached hydrogens (tertiary/aromatic N) is 2. The van der Waals surface area contributed by atoms with Gasteiger partial charge in [0, 0.05) is 22.1 Å². The van der Waals surface area contributed by atoms with Crippen molar-refractivity contribution in [1.82, 2.24) is 0 Å². The van der Waals surface area contributed by atoms with Crippen molar-refractivity contribution in [2.24, 2.45) is 0 Å². The molecule has 12 rings (SSSR count). The average Bonchev–Trinajstić information content (AvgIpc) is 3.38. The van der Waals surface area contributed by atoms with Gasteiger partial charge in [-0.1, -0.05) is 176 Å². The van der Waals surface area contributed by atoms with E-state index >= 15 is 8.78 Å². The summed E-state index contributed by atoms with van der Waals surface area (Å²) in [6.07, 6.45) is 0. The maximum atomic E-state index is 16.9. The molecule has 0 fully saturated rings. The Labute approximate surface area is 381 Å². The fourth-order valence-electron chi connectivity index (χ4n) is 9.72. The Bertz CT molecular complexity index is 3720. The highest BCUT2D eigenvalue weighted by Crippen LogP contribution is 2.48. The number of para-hydroxylation sites is 2. The summed E-state index contributed by atoms with van der Waals surface area (Å²) in [6.45, 7) is 0. The SMILES string of the molecule is Fc1cc(-c2ccc(-c3ccccc3)cc2)ccc1N(c1ccccc1)c1ccc2ccc3c(N(c4ccccc4)c4ccc(-c5ccc6ccccc6c5)cc4F)ccc4ccc1c2c43. The molecule has 0 aliphatic rings. The second kappa shape index (κ2) is 16.2. The van der Waals surface area contributed by atoms with Gasteiger partial charge in [0.2, 0.25) is 0 Å². The predicted octanol–water partition coefficient (Wildman–Crippen LogP) is 18.0. The molecule has 0 atom stereocenters. The third kappa shape index (κ3) is 6.79. The number of rotatable bonds is 9. The van der Waals surface area contributed by atoms with Gasteiger partial charge in [-0.3, -0.25) is 0 Å². The van der Waals surface area contributed by atoms with Gasteiger partial charge in [0.05, 0.1) is 22.7 Å². The van der Waals surface area contributed by atoms with Crippen molar-refractivity contribution >= 4 is 77.2 Å². The van der Waals surface area contributed by atoms with Crippen molar-refractivity contribution in [2.45, 2.75) is 0 Å². The van der Waals surface area contributed by atoms with Crippen molar-refractivity contribution in [3.63, 3.8) is 0 Å². The van der Waals surface area contributed by atoms with E-state index in [1.807, 2.05) is 125 Å². The molecule has 0 aromatic heterocycles. The lowest BCUT2D eigenvalue weighted by molar-refractivity contribution is 0.629. The highest BCUT2D eigenvalue weighted by atomic mass is 19.1. The second-order valence-corrected chi connectivity index (χ2v) is 16.8. The lowest BCUT2D eigenvalue weighted by Crippen LogP contribution is -2.13. The van der Waals surface area contributed by atoms with Gasteiger partial charge in [0.1, 0.15) is 11.6 Å². The van der Waals surface area contributed by atoms with Crippen LogP contribution in [0.3, 0.4) is 0 Å². The van der Waals surface area contributed by atoms with E-state index in [9.17, 15) is 0 Å². The molecule has 66 heavy (non-hydrogen) atoms. The Morgan fingerprint density at radius 2 is 0.591 bits per heavy atom. The van der Waals surface area contributed by atoms with Crippen LogP contribution in [0.25, 0.3) is 76.5 Å². The Morgan fingerprint density at radius 3 is 1.11 bits per heavy atom. The molecule has 0 spiro atoms. The molecule has 4 heteroatoms. The molecule has 0 bridgehead atoms. The zero-order chi connectivity index (χ0) is 44.1. The van der Waals surface area contributed by atoms with Crippen LogP contribution in [0.2, 0.25) is 0 Å². The van der Waals surface area contributed by atoms with Crippen LogP contribution >= 0.6 is 0 Å². The summed E-state index contributed by atoms with van der Waals surface area (Å²) in [7, 11) is 0. The highest BCUT2D eigenvalue weighted by Gasteiger charge is 2.24. The molecule has 0 heterocycles. The summed E-state index contributed by atoms with van der Waals surface area (Å²) in [6, 6.07) is 81.0. The van der Waals surface area contributed by atoms with E-state index in [-0.39, 0.29) is 11.6 Å². The van der Waals surface area contributed by atoms with Crippen molar-refractivity contribution in [3.8, 4) is 33.4 Å². The van der Waals surface area contributed by atoms with E-state index in [1.165, 1.54) is 0 Å². The van der Waals surface area contributed by atoms with Crippen LogP contribution < -0.4 is 9.80 Å². The molecule has 0 aliphatic carbocycles. The molecule has 0 N–H and O–H groups in total. The van der Waals surface area contributed by atoms with Gasteiger partial charge in [-0.05, 0) is 132 Å². The molecule has 312 valence electrons. The molecule has 12 aromatic rings. The Balaban J connectivity index is 0.987. The molecule has 0 unspecified atom stereocenters. The van der Waals surface area contributed by atoms with Crippen LogP contribution in [0, 0.1) is 11.6 Å². The van der Waals surface area contributed by atoms with Crippen molar-refractivity contribution < 1.29 is 8.78 Å². The van der Waals surface area contributed by atoms with Gasteiger partial charge in [-0.2, -0.15) is 0 Å². The first-order valence-electron chi connectivity index (χ1n) is 22.2. The second-order valence-electron chi connectivity index (χ2n) is 16.8. The van der Waals surface area contributed by atoms with Gasteiger partial charge in [-0.15, -0.1) is 0 Å². The number of hydrogen-bond acceptors (Lipinski definition) is 2. The van der Waals surface area contributed by atoms with Crippen molar-refractivity contribution in [3.05, 3.63) is 254 Å². The van der Waals surface area contributed by atoms with Crippen LogP contribution in [0.5, 0.6) is 0 Å². The number of benzene rings is 12. The first-order valence-corrected chi connectivity index (χ1v) is 22.2. The quantitative estimate of drug-likeness (QED) is 0.134. The van der Waals surface area contributed by atoms with Crippen LogP contribution in [-0.4, -0.2) is 0 Å². The number of halogens is 2. The maximum Gasteiger partial charge on any atom is 0.147 e.